The second kappa shape index (κ2) is 7.61. The Hall–Kier alpha value is -2.43. The van der Waals surface area contributed by atoms with Crippen molar-refractivity contribution in [2.75, 3.05) is 19.0 Å². The molecule has 2 amide bonds. The van der Waals surface area contributed by atoms with E-state index in [0.29, 0.717) is 12.5 Å². The van der Waals surface area contributed by atoms with Crippen LogP contribution in [0.1, 0.15) is 47.9 Å². The van der Waals surface area contributed by atoms with E-state index >= 15 is 0 Å². The van der Waals surface area contributed by atoms with Gasteiger partial charge in [-0.05, 0) is 60.3 Å². The maximum atomic E-state index is 13.2. The molecule has 1 aromatic carbocycles. The second-order valence-corrected chi connectivity index (χ2v) is 10.3. The molecule has 31 heavy (non-hydrogen) atoms. The minimum Gasteiger partial charge on any atom is -0.474 e. The molecule has 0 bridgehead atoms. The fourth-order valence-corrected chi connectivity index (χ4v) is 5.95. The number of anilines is 1. The molecule has 2 heterocycles. The van der Waals surface area contributed by atoms with Crippen LogP contribution < -0.4 is 15.2 Å². The van der Waals surface area contributed by atoms with Crippen LogP contribution in [-0.2, 0) is 40.5 Å². The van der Waals surface area contributed by atoms with E-state index in [1.165, 1.54) is 33.1 Å². The number of hydrogen-bond donors (Lipinski definition) is 2. The summed E-state index contributed by atoms with van der Waals surface area (Å²) in [5.41, 5.74) is 5.79. The van der Waals surface area contributed by atoms with Gasteiger partial charge in [-0.15, -0.1) is 4.36 Å². The van der Waals surface area contributed by atoms with Gasteiger partial charge in [0.2, 0.25) is 5.88 Å². The Kier molecular flexibility index (Phi) is 5.03. The summed E-state index contributed by atoms with van der Waals surface area (Å²) in [6, 6.07) is 1.59. The van der Waals surface area contributed by atoms with Crippen LogP contribution in [0, 0.1) is 0 Å². The van der Waals surface area contributed by atoms with Crippen molar-refractivity contribution in [3.63, 3.8) is 0 Å². The average molecular weight is 446 g/mol. The third kappa shape index (κ3) is 3.52. The molecule has 3 aliphatic rings. The number of benzene rings is 1. The van der Waals surface area contributed by atoms with Crippen LogP contribution in [0.3, 0.4) is 0 Å². The van der Waals surface area contributed by atoms with Gasteiger partial charge in [-0.2, -0.15) is 5.10 Å². The molecule has 1 aliphatic heterocycles. The first-order valence-electron chi connectivity index (χ1n) is 10.6. The molecular formula is C21H27N5O4S. The van der Waals surface area contributed by atoms with E-state index in [4.69, 9.17) is 14.6 Å². The summed E-state index contributed by atoms with van der Waals surface area (Å²) >= 11 is 0. The van der Waals surface area contributed by atoms with Gasteiger partial charge in [-0.25, -0.2) is 18.8 Å². The number of methoxy groups -OCH3 is 1. The van der Waals surface area contributed by atoms with E-state index in [9.17, 15) is 9.00 Å². The SMILES string of the molecule is CO[C@H]1COc2c(S(N)(=O)=NC(=O)Nc3c4c(cc5c3[C@H](C)CC5)CCC4)cnn2C1. The van der Waals surface area contributed by atoms with Gasteiger partial charge in [0.1, 0.15) is 17.6 Å². The fourth-order valence-electron chi connectivity index (χ4n) is 4.95. The minimum absolute atomic E-state index is 0.120. The van der Waals surface area contributed by atoms with E-state index in [1.54, 1.807) is 7.11 Å². The number of nitrogens with two attached hydrogens (primary N) is 1. The largest absolute Gasteiger partial charge is 0.474 e. The van der Waals surface area contributed by atoms with Gasteiger partial charge in [-0.3, -0.25) is 0 Å². The Morgan fingerprint density at radius 3 is 3.03 bits per heavy atom. The summed E-state index contributed by atoms with van der Waals surface area (Å²) in [5, 5.41) is 13.1. The molecule has 0 saturated heterocycles. The third-order valence-electron chi connectivity index (χ3n) is 6.51. The molecule has 166 valence electrons. The van der Waals surface area contributed by atoms with Crippen molar-refractivity contribution in [2.45, 2.75) is 62.5 Å². The summed E-state index contributed by atoms with van der Waals surface area (Å²) in [6.07, 6.45) is 6.29. The van der Waals surface area contributed by atoms with Gasteiger partial charge in [0.15, 0.2) is 9.92 Å². The van der Waals surface area contributed by atoms with Crippen molar-refractivity contribution >= 4 is 21.6 Å². The lowest BCUT2D eigenvalue weighted by Crippen LogP contribution is -2.32. The van der Waals surface area contributed by atoms with Crippen LogP contribution in [0.25, 0.3) is 0 Å². The monoisotopic (exact) mass is 445 g/mol. The van der Waals surface area contributed by atoms with Gasteiger partial charge in [0.25, 0.3) is 0 Å². The lowest BCUT2D eigenvalue weighted by atomic mass is 9.95. The molecule has 0 saturated carbocycles. The van der Waals surface area contributed by atoms with Crippen molar-refractivity contribution in [2.24, 2.45) is 9.50 Å². The first-order chi connectivity index (χ1) is 14.9. The Morgan fingerprint density at radius 1 is 1.39 bits per heavy atom. The molecule has 3 N–H and O–H groups in total. The highest BCUT2D eigenvalue weighted by Gasteiger charge is 2.30. The van der Waals surface area contributed by atoms with Crippen LogP contribution in [0.4, 0.5) is 10.5 Å². The van der Waals surface area contributed by atoms with Crippen LogP contribution in [0.15, 0.2) is 21.5 Å². The van der Waals surface area contributed by atoms with E-state index in [1.807, 2.05) is 0 Å². The molecule has 0 fully saturated rings. The summed E-state index contributed by atoms with van der Waals surface area (Å²) < 4.78 is 29.5. The van der Waals surface area contributed by atoms with E-state index < -0.39 is 15.9 Å². The lowest BCUT2D eigenvalue weighted by Gasteiger charge is -2.23. The Morgan fingerprint density at radius 2 is 2.23 bits per heavy atom. The maximum Gasteiger partial charge on any atom is 0.354 e. The van der Waals surface area contributed by atoms with Crippen LogP contribution in [0.2, 0.25) is 0 Å². The summed E-state index contributed by atoms with van der Waals surface area (Å²) in [7, 11) is -1.94. The van der Waals surface area contributed by atoms with Crippen molar-refractivity contribution in [3.8, 4) is 5.88 Å². The van der Waals surface area contributed by atoms with Gasteiger partial charge >= 0.3 is 6.03 Å². The number of rotatable bonds is 3. The first kappa shape index (κ1) is 20.5. The standard InChI is InChI=1S/C21H27N5O4S/c1-12-6-7-14-8-13-4-3-5-16(13)19(18(12)14)24-21(27)25-31(22,28)17-9-23-26-10-15(29-2)11-30-20(17)26/h8-9,12,15H,3-7,10-11H2,1-2H3,(H3,22,24,25,27,28)/t12-,15-,31?/m1/s1. The van der Waals surface area contributed by atoms with E-state index in [0.717, 1.165) is 37.8 Å². The molecule has 1 aromatic heterocycles. The summed E-state index contributed by atoms with van der Waals surface area (Å²) in [6.45, 7) is 2.92. The number of carbonyl (C=O) groups is 1. The Balaban J connectivity index is 1.47. The lowest BCUT2D eigenvalue weighted by molar-refractivity contribution is 0.0165. The molecule has 3 atom stereocenters. The van der Waals surface area contributed by atoms with Crippen molar-refractivity contribution < 1.29 is 18.5 Å². The van der Waals surface area contributed by atoms with Gasteiger partial charge in [-0.1, -0.05) is 13.0 Å². The van der Waals surface area contributed by atoms with Crippen LogP contribution >= 0.6 is 0 Å². The number of nitrogens with one attached hydrogen (secondary N) is 1. The van der Waals surface area contributed by atoms with Gasteiger partial charge in [0.05, 0.1) is 12.7 Å². The molecule has 1 unspecified atom stereocenters. The quantitative estimate of drug-likeness (QED) is 0.752. The van der Waals surface area contributed by atoms with Crippen molar-refractivity contribution in [1.82, 2.24) is 9.78 Å². The average Bonchev–Trinajstić information content (AvgIpc) is 3.45. The molecular weight excluding hydrogens is 418 g/mol. The topological polar surface area (TPSA) is 121 Å². The van der Waals surface area contributed by atoms with Gasteiger partial charge < -0.3 is 14.8 Å². The summed E-state index contributed by atoms with van der Waals surface area (Å²) in [4.78, 5) is 13.0. The highest BCUT2D eigenvalue weighted by Crippen LogP contribution is 2.44. The molecule has 10 heteroatoms. The maximum absolute atomic E-state index is 13.2. The number of ether oxygens (including phenoxy) is 2. The Labute approximate surface area is 181 Å². The van der Waals surface area contributed by atoms with Gasteiger partial charge in [0, 0.05) is 12.8 Å². The highest BCUT2D eigenvalue weighted by molar-refractivity contribution is 7.91. The highest BCUT2D eigenvalue weighted by atomic mass is 32.2. The smallest absolute Gasteiger partial charge is 0.354 e. The number of nitrogens with zero attached hydrogens (tertiary/aromatic N) is 3. The second-order valence-electron chi connectivity index (χ2n) is 8.51. The number of hydrogen-bond acceptors (Lipinski definition) is 5. The predicted molar refractivity (Wildman–Crippen MR) is 116 cm³/mol. The molecule has 0 spiro atoms. The van der Waals surface area contributed by atoms with E-state index in [2.05, 4.69) is 27.8 Å². The van der Waals surface area contributed by atoms with Crippen molar-refractivity contribution in [3.05, 3.63) is 34.5 Å². The minimum atomic E-state index is -3.53. The van der Waals surface area contributed by atoms with E-state index in [-0.39, 0.29) is 23.5 Å². The molecule has 2 aliphatic carbocycles. The number of aromatic nitrogens is 2. The van der Waals surface area contributed by atoms with Crippen molar-refractivity contribution in [1.29, 1.82) is 0 Å². The fraction of sp³-hybridized carbons (Fsp3) is 0.524. The number of carbonyl (C=O) groups excluding carboxylic acids is 1. The zero-order chi connectivity index (χ0) is 21.8. The molecule has 0 radical (unpaired) electrons. The molecule has 5 rings (SSSR count). The number of amides is 2. The first-order valence-corrected chi connectivity index (χ1v) is 12.2. The van der Waals surface area contributed by atoms with Crippen LogP contribution in [0.5, 0.6) is 5.88 Å². The molecule has 9 nitrogen and oxygen atoms in total. The predicted octanol–water partition coefficient (Wildman–Crippen LogP) is 2.76. The Bertz CT molecular complexity index is 1180. The number of aryl methyl sites for hydroxylation is 2. The zero-order valence-corrected chi connectivity index (χ0v) is 18.5. The zero-order valence-electron chi connectivity index (χ0n) is 17.7. The number of fused-ring (bicyclic) bond motifs is 3. The normalized spacial score (nSPS) is 23.3. The molecule has 2 aromatic rings. The number of urea groups is 1. The third-order valence-corrected chi connectivity index (χ3v) is 7.85. The van der Waals surface area contributed by atoms with Crippen LogP contribution in [-0.4, -0.2) is 39.8 Å². The summed E-state index contributed by atoms with van der Waals surface area (Å²) in [5.74, 6) is 0.635.